The maximum Gasteiger partial charge on any atom is 0.234 e. The van der Waals surface area contributed by atoms with E-state index in [2.05, 4.69) is 29.4 Å². The minimum Gasteiger partial charge on any atom is -0.353 e. The van der Waals surface area contributed by atoms with E-state index in [0.717, 1.165) is 50.9 Å². The van der Waals surface area contributed by atoms with Crippen LogP contribution < -0.4 is 10.6 Å². The van der Waals surface area contributed by atoms with Gasteiger partial charge in [0.2, 0.25) is 5.91 Å². The molecule has 2 saturated heterocycles. The van der Waals surface area contributed by atoms with E-state index in [0.29, 0.717) is 12.6 Å². The molecule has 0 spiro atoms. The van der Waals surface area contributed by atoms with E-state index in [1.165, 1.54) is 0 Å². The molecule has 4 heteroatoms. The van der Waals surface area contributed by atoms with E-state index in [1.807, 2.05) is 0 Å². The van der Waals surface area contributed by atoms with Gasteiger partial charge in [-0.1, -0.05) is 13.3 Å². The third-order valence-electron chi connectivity index (χ3n) is 3.96. The molecule has 2 fully saturated rings. The van der Waals surface area contributed by atoms with Gasteiger partial charge in [-0.05, 0) is 38.3 Å². The van der Waals surface area contributed by atoms with Crippen LogP contribution in [0.15, 0.2) is 0 Å². The van der Waals surface area contributed by atoms with Crippen LogP contribution in [0.5, 0.6) is 0 Å². The molecule has 2 heterocycles. The Hall–Kier alpha value is -0.610. The minimum absolute atomic E-state index is 0.193. The van der Waals surface area contributed by atoms with Crippen molar-refractivity contribution in [3.63, 3.8) is 0 Å². The van der Waals surface area contributed by atoms with Gasteiger partial charge in [0.1, 0.15) is 0 Å². The molecule has 0 radical (unpaired) electrons. The highest BCUT2D eigenvalue weighted by Crippen LogP contribution is 2.25. The van der Waals surface area contributed by atoms with Crippen LogP contribution in [0, 0.1) is 11.8 Å². The second-order valence-electron chi connectivity index (χ2n) is 5.63. The molecule has 17 heavy (non-hydrogen) atoms. The summed E-state index contributed by atoms with van der Waals surface area (Å²) in [6, 6.07) is 0.316. The summed E-state index contributed by atoms with van der Waals surface area (Å²) >= 11 is 0. The monoisotopic (exact) mass is 239 g/mol. The van der Waals surface area contributed by atoms with Crippen LogP contribution in [-0.2, 0) is 4.79 Å². The summed E-state index contributed by atoms with van der Waals surface area (Å²) in [5.41, 5.74) is 0. The molecule has 2 aliphatic heterocycles. The lowest BCUT2D eigenvalue weighted by molar-refractivity contribution is -0.122. The molecule has 98 valence electrons. The van der Waals surface area contributed by atoms with Crippen molar-refractivity contribution in [2.75, 3.05) is 32.7 Å². The van der Waals surface area contributed by atoms with Crippen LogP contribution in [0.1, 0.15) is 26.7 Å². The van der Waals surface area contributed by atoms with Gasteiger partial charge in [0.15, 0.2) is 0 Å². The second-order valence-corrected chi connectivity index (χ2v) is 5.63. The molecule has 0 bridgehead atoms. The van der Waals surface area contributed by atoms with Gasteiger partial charge in [-0.15, -0.1) is 0 Å². The number of amides is 1. The molecule has 4 nitrogen and oxygen atoms in total. The zero-order chi connectivity index (χ0) is 12.3. The summed E-state index contributed by atoms with van der Waals surface area (Å²) < 4.78 is 0. The maximum absolute atomic E-state index is 11.8. The average molecular weight is 239 g/mol. The Morgan fingerprint density at radius 1 is 1.41 bits per heavy atom. The number of nitrogens with zero attached hydrogens (tertiary/aromatic N) is 1. The van der Waals surface area contributed by atoms with E-state index in [1.54, 1.807) is 0 Å². The molecule has 0 aliphatic carbocycles. The highest BCUT2D eigenvalue weighted by molar-refractivity contribution is 5.78. The second kappa shape index (κ2) is 5.83. The van der Waals surface area contributed by atoms with Crippen molar-refractivity contribution in [3.05, 3.63) is 0 Å². The zero-order valence-corrected chi connectivity index (χ0v) is 11.0. The summed E-state index contributed by atoms with van der Waals surface area (Å²) in [5.74, 6) is 1.74. The maximum atomic E-state index is 11.8. The number of carbonyl (C=O) groups excluding carboxylic acids is 1. The van der Waals surface area contributed by atoms with Crippen LogP contribution in [0.2, 0.25) is 0 Å². The van der Waals surface area contributed by atoms with E-state index in [4.69, 9.17) is 0 Å². The number of rotatable bonds is 5. The molecule has 3 unspecified atom stereocenters. The quantitative estimate of drug-likeness (QED) is 0.732. The van der Waals surface area contributed by atoms with Crippen LogP contribution in [-0.4, -0.2) is 49.6 Å². The Kier molecular flexibility index (Phi) is 4.40. The Morgan fingerprint density at radius 3 is 2.65 bits per heavy atom. The fourth-order valence-electron chi connectivity index (χ4n) is 3.11. The summed E-state index contributed by atoms with van der Waals surface area (Å²) in [6.45, 7) is 9.27. The highest BCUT2D eigenvalue weighted by atomic mass is 16.2. The molecule has 0 aromatic heterocycles. The van der Waals surface area contributed by atoms with Crippen molar-refractivity contribution >= 4 is 5.91 Å². The van der Waals surface area contributed by atoms with Crippen LogP contribution in [0.3, 0.4) is 0 Å². The molecule has 2 rings (SSSR count). The average Bonchev–Trinajstić information content (AvgIpc) is 2.77. The standard InChI is InChI=1S/C13H25N3O/c1-3-4-10(2)15-13(17)9-16-7-11-5-14-6-12(11)8-16/h10-12,14H,3-9H2,1-2H3,(H,15,17). The van der Waals surface area contributed by atoms with E-state index >= 15 is 0 Å². The molecule has 2 aliphatic rings. The van der Waals surface area contributed by atoms with Gasteiger partial charge in [0.05, 0.1) is 6.54 Å². The van der Waals surface area contributed by atoms with Crippen molar-refractivity contribution in [3.8, 4) is 0 Å². The van der Waals surface area contributed by atoms with Crippen molar-refractivity contribution < 1.29 is 4.79 Å². The van der Waals surface area contributed by atoms with Gasteiger partial charge >= 0.3 is 0 Å². The van der Waals surface area contributed by atoms with Crippen molar-refractivity contribution in [2.45, 2.75) is 32.7 Å². The van der Waals surface area contributed by atoms with Gasteiger partial charge in [-0.3, -0.25) is 9.69 Å². The number of fused-ring (bicyclic) bond motifs is 1. The summed E-state index contributed by atoms with van der Waals surface area (Å²) in [6.07, 6.45) is 2.20. The first-order chi connectivity index (χ1) is 8.19. The van der Waals surface area contributed by atoms with Gasteiger partial charge in [0, 0.05) is 19.1 Å². The summed E-state index contributed by atoms with van der Waals surface area (Å²) in [7, 11) is 0. The lowest BCUT2D eigenvalue weighted by Gasteiger charge is -2.18. The van der Waals surface area contributed by atoms with Gasteiger partial charge < -0.3 is 10.6 Å². The van der Waals surface area contributed by atoms with Crippen LogP contribution >= 0.6 is 0 Å². The Bertz CT molecular complexity index is 257. The first kappa shape index (κ1) is 12.8. The number of likely N-dealkylation sites (tertiary alicyclic amines) is 1. The number of hydrogen-bond acceptors (Lipinski definition) is 3. The first-order valence-corrected chi connectivity index (χ1v) is 6.91. The third kappa shape index (κ3) is 3.42. The van der Waals surface area contributed by atoms with E-state index in [-0.39, 0.29) is 5.91 Å². The largest absolute Gasteiger partial charge is 0.353 e. The summed E-state index contributed by atoms with van der Waals surface area (Å²) in [5, 5.41) is 6.50. The van der Waals surface area contributed by atoms with Gasteiger partial charge in [-0.2, -0.15) is 0 Å². The molecule has 0 aromatic carbocycles. The molecular formula is C13H25N3O. The normalized spacial score (nSPS) is 30.2. The van der Waals surface area contributed by atoms with Gasteiger partial charge in [-0.25, -0.2) is 0 Å². The first-order valence-electron chi connectivity index (χ1n) is 6.91. The van der Waals surface area contributed by atoms with E-state index in [9.17, 15) is 4.79 Å². The van der Waals surface area contributed by atoms with Crippen LogP contribution in [0.25, 0.3) is 0 Å². The lowest BCUT2D eigenvalue weighted by atomic mass is 10.0. The molecule has 2 N–H and O–H groups in total. The van der Waals surface area contributed by atoms with Crippen molar-refractivity contribution in [1.29, 1.82) is 0 Å². The SMILES string of the molecule is CCCC(C)NC(=O)CN1CC2CNCC2C1. The summed E-state index contributed by atoms with van der Waals surface area (Å²) in [4.78, 5) is 14.1. The number of carbonyl (C=O) groups is 1. The minimum atomic E-state index is 0.193. The lowest BCUT2D eigenvalue weighted by Crippen LogP contribution is -2.41. The predicted molar refractivity (Wildman–Crippen MR) is 68.8 cm³/mol. The Balaban J connectivity index is 1.69. The number of hydrogen-bond donors (Lipinski definition) is 2. The van der Waals surface area contributed by atoms with Crippen LogP contribution in [0.4, 0.5) is 0 Å². The molecule has 3 atom stereocenters. The fourth-order valence-corrected chi connectivity index (χ4v) is 3.11. The fraction of sp³-hybridized carbons (Fsp3) is 0.923. The van der Waals surface area contributed by atoms with Crippen molar-refractivity contribution in [2.24, 2.45) is 11.8 Å². The number of nitrogens with one attached hydrogen (secondary N) is 2. The van der Waals surface area contributed by atoms with Gasteiger partial charge in [0.25, 0.3) is 0 Å². The smallest absolute Gasteiger partial charge is 0.234 e. The molecular weight excluding hydrogens is 214 g/mol. The predicted octanol–water partition coefficient (Wildman–Crippen LogP) is 0.442. The molecule has 0 saturated carbocycles. The Labute approximate surface area is 104 Å². The van der Waals surface area contributed by atoms with E-state index < -0.39 is 0 Å². The zero-order valence-electron chi connectivity index (χ0n) is 11.0. The topological polar surface area (TPSA) is 44.4 Å². The molecule has 0 aromatic rings. The Morgan fingerprint density at radius 2 is 2.06 bits per heavy atom. The van der Waals surface area contributed by atoms with Crippen molar-refractivity contribution in [1.82, 2.24) is 15.5 Å². The third-order valence-corrected chi connectivity index (χ3v) is 3.96. The molecule has 1 amide bonds. The highest BCUT2D eigenvalue weighted by Gasteiger charge is 2.36.